The van der Waals surface area contributed by atoms with Crippen molar-refractivity contribution < 1.29 is 19.7 Å². The lowest BCUT2D eigenvalue weighted by atomic mass is 9.60. The first-order valence-corrected chi connectivity index (χ1v) is 9.28. The van der Waals surface area contributed by atoms with E-state index in [-0.39, 0.29) is 17.4 Å². The van der Waals surface area contributed by atoms with Crippen molar-refractivity contribution in [1.82, 2.24) is 0 Å². The van der Waals surface area contributed by atoms with E-state index in [0.717, 1.165) is 44.1 Å². The van der Waals surface area contributed by atoms with Crippen LogP contribution in [0.15, 0.2) is 24.3 Å². The predicted octanol–water partition coefficient (Wildman–Crippen LogP) is 3.26. The second kappa shape index (κ2) is 6.01. The van der Waals surface area contributed by atoms with Crippen molar-refractivity contribution in [3.05, 3.63) is 29.8 Å². The van der Waals surface area contributed by atoms with Gasteiger partial charge >= 0.3 is 0 Å². The van der Waals surface area contributed by atoms with Crippen LogP contribution in [0.2, 0.25) is 0 Å². The summed E-state index contributed by atoms with van der Waals surface area (Å²) in [6.07, 6.45) is 5.41. The largest absolute Gasteiger partial charge is 0.508 e. The van der Waals surface area contributed by atoms with Crippen LogP contribution in [0, 0.1) is 17.3 Å². The van der Waals surface area contributed by atoms with Gasteiger partial charge in [0.2, 0.25) is 0 Å². The zero-order valence-electron chi connectivity index (χ0n) is 14.4. The second-order valence-corrected chi connectivity index (χ2v) is 7.99. The first-order chi connectivity index (χ1) is 11.5. The molecule has 3 fully saturated rings. The fraction of sp³-hybridized carbons (Fsp3) is 0.700. The molecule has 4 atom stereocenters. The minimum atomic E-state index is -0.416. The van der Waals surface area contributed by atoms with E-state index in [4.69, 9.17) is 9.47 Å². The van der Waals surface area contributed by atoms with Gasteiger partial charge in [-0.15, -0.1) is 0 Å². The molecule has 2 aliphatic carbocycles. The van der Waals surface area contributed by atoms with Gasteiger partial charge < -0.3 is 19.7 Å². The molecule has 1 unspecified atom stereocenters. The van der Waals surface area contributed by atoms with E-state index in [2.05, 4.69) is 6.92 Å². The fourth-order valence-corrected chi connectivity index (χ4v) is 5.59. The van der Waals surface area contributed by atoms with Crippen molar-refractivity contribution in [2.75, 3.05) is 13.2 Å². The maximum Gasteiger partial charge on any atom is 0.174 e. The van der Waals surface area contributed by atoms with E-state index < -0.39 is 5.79 Å². The third-order valence-electron chi connectivity index (χ3n) is 6.87. The molecule has 0 amide bonds. The second-order valence-electron chi connectivity index (χ2n) is 7.99. The Labute approximate surface area is 143 Å². The molecule has 1 saturated heterocycles. The number of aromatic hydroxyl groups is 1. The number of hydrogen-bond acceptors (Lipinski definition) is 4. The van der Waals surface area contributed by atoms with Crippen LogP contribution in [-0.4, -0.2) is 35.3 Å². The molecule has 1 aromatic rings. The molecule has 4 rings (SSSR count). The van der Waals surface area contributed by atoms with Gasteiger partial charge in [0.25, 0.3) is 0 Å². The SMILES string of the molecule is C[C@]12CCC(O)[C@@H](CCc3cccc(O)c3)[C@@H]1CCC21OCCO1. The Morgan fingerprint density at radius 3 is 2.71 bits per heavy atom. The number of phenolic OH excluding ortho intramolecular Hbond substituents is 1. The quantitative estimate of drug-likeness (QED) is 0.892. The highest BCUT2D eigenvalue weighted by atomic mass is 16.7. The number of benzene rings is 1. The van der Waals surface area contributed by atoms with Crippen LogP contribution in [0.25, 0.3) is 0 Å². The summed E-state index contributed by atoms with van der Waals surface area (Å²) in [5, 5.41) is 20.3. The number of aryl methyl sites for hydroxylation is 1. The number of phenols is 1. The van der Waals surface area contributed by atoms with Gasteiger partial charge in [0.15, 0.2) is 5.79 Å². The first-order valence-electron chi connectivity index (χ1n) is 9.28. The van der Waals surface area contributed by atoms with E-state index >= 15 is 0 Å². The lowest BCUT2D eigenvalue weighted by Crippen LogP contribution is -2.52. The van der Waals surface area contributed by atoms with Gasteiger partial charge in [-0.05, 0) is 61.6 Å². The van der Waals surface area contributed by atoms with Crippen LogP contribution in [-0.2, 0) is 15.9 Å². The van der Waals surface area contributed by atoms with Crippen LogP contribution < -0.4 is 0 Å². The third-order valence-corrected chi connectivity index (χ3v) is 6.87. The highest BCUT2D eigenvalue weighted by Crippen LogP contribution is 2.62. The minimum Gasteiger partial charge on any atom is -0.508 e. The predicted molar refractivity (Wildman–Crippen MR) is 90.6 cm³/mol. The highest BCUT2D eigenvalue weighted by Gasteiger charge is 2.64. The monoisotopic (exact) mass is 332 g/mol. The molecule has 132 valence electrons. The van der Waals surface area contributed by atoms with Gasteiger partial charge in [-0.1, -0.05) is 19.1 Å². The zero-order valence-corrected chi connectivity index (χ0v) is 14.4. The fourth-order valence-electron chi connectivity index (χ4n) is 5.59. The summed E-state index contributed by atoms with van der Waals surface area (Å²) in [6.45, 7) is 3.70. The summed E-state index contributed by atoms with van der Waals surface area (Å²) in [5.74, 6) is 0.616. The average molecular weight is 332 g/mol. The number of ether oxygens (including phenoxy) is 2. The molecule has 1 aromatic carbocycles. The number of aliphatic hydroxyl groups excluding tert-OH is 1. The smallest absolute Gasteiger partial charge is 0.174 e. The average Bonchev–Trinajstić information content (AvgIpc) is 3.15. The Bertz CT molecular complexity index is 595. The Morgan fingerprint density at radius 2 is 1.96 bits per heavy atom. The van der Waals surface area contributed by atoms with E-state index in [1.54, 1.807) is 6.07 Å². The van der Waals surface area contributed by atoms with Crippen LogP contribution in [0.4, 0.5) is 0 Å². The van der Waals surface area contributed by atoms with Gasteiger partial charge in [-0.3, -0.25) is 0 Å². The molecule has 1 spiro atoms. The molecule has 2 N–H and O–H groups in total. The van der Waals surface area contributed by atoms with Crippen molar-refractivity contribution in [3.63, 3.8) is 0 Å². The summed E-state index contributed by atoms with van der Waals surface area (Å²) in [4.78, 5) is 0. The number of fused-ring (bicyclic) bond motifs is 2. The maximum atomic E-state index is 10.7. The van der Waals surface area contributed by atoms with Gasteiger partial charge in [0.1, 0.15) is 5.75 Å². The van der Waals surface area contributed by atoms with Crippen molar-refractivity contribution in [1.29, 1.82) is 0 Å². The van der Waals surface area contributed by atoms with E-state index in [0.29, 0.717) is 24.9 Å². The summed E-state index contributed by atoms with van der Waals surface area (Å²) in [5.41, 5.74) is 1.14. The number of hydrogen-bond donors (Lipinski definition) is 2. The van der Waals surface area contributed by atoms with E-state index in [1.165, 1.54) is 0 Å². The first kappa shape index (κ1) is 16.4. The van der Waals surface area contributed by atoms with Gasteiger partial charge in [0, 0.05) is 11.8 Å². The summed E-state index contributed by atoms with van der Waals surface area (Å²) in [7, 11) is 0. The Morgan fingerprint density at radius 1 is 1.17 bits per heavy atom. The van der Waals surface area contributed by atoms with Crippen LogP contribution in [0.1, 0.15) is 44.6 Å². The van der Waals surface area contributed by atoms with Crippen LogP contribution in [0.5, 0.6) is 5.75 Å². The maximum absolute atomic E-state index is 10.7. The number of aliphatic hydroxyl groups is 1. The lowest BCUT2D eigenvalue weighted by Gasteiger charge is -2.50. The van der Waals surface area contributed by atoms with Gasteiger partial charge in [-0.2, -0.15) is 0 Å². The molecule has 0 bridgehead atoms. The summed E-state index contributed by atoms with van der Waals surface area (Å²) >= 11 is 0. The molecule has 0 aromatic heterocycles. The molecule has 0 radical (unpaired) electrons. The molecule has 2 saturated carbocycles. The van der Waals surface area contributed by atoms with Gasteiger partial charge in [0.05, 0.1) is 19.3 Å². The Kier molecular flexibility index (Phi) is 4.10. The van der Waals surface area contributed by atoms with E-state index in [1.807, 2.05) is 18.2 Å². The summed E-state index contributed by atoms with van der Waals surface area (Å²) in [6, 6.07) is 7.46. The van der Waals surface area contributed by atoms with Gasteiger partial charge in [-0.25, -0.2) is 0 Å². The minimum absolute atomic E-state index is 0.00617. The molecular formula is C20H28O4. The van der Waals surface area contributed by atoms with Crippen LogP contribution in [0.3, 0.4) is 0 Å². The molecule has 4 heteroatoms. The highest BCUT2D eigenvalue weighted by molar-refractivity contribution is 5.27. The molecule has 24 heavy (non-hydrogen) atoms. The topological polar surface area (TPSA) is 58.9 Å². The molecule has 3 aliphatic rings. The van der Waals surface area contributed by atoms with Crippen molar-refractivity contribution >= 4 is 0 Å². The van der Waals surface area contributed by atoms with E-state index in [9.17, 15) is 10.2 Å². The standard InChI is InChI=1S/C20H28O4/c1-19-9-8-18(22)16(6-5-14-3-2-4-15(21)13-14)17(19)7-10-20(19)23-11-12-24-20/h2-4,13,16-18,21-22H,5-12H2,1H3/t16-,17-,18?,19-/m0/s1. The van der Waals surface area contributed by atoms with Crippen molar-refractivity contribution in [2.24, 2.45) is 17.3 Å². The number of rotatable bonds is 3. The Balaban J connectivity index is 1.52. The lowest BCUT2D eigenvalue weighted by molar-refractivity contribution is -0.241. The molecule has 1 aliphatic heterocycles. The zero-order chi connectivity index (χ0) is 16.8. The normalized spacial score (nSPS) is 37.7. The van der Waals surface area contributed by atoms with Crippen molar-refractivity contribution in [2.45, 2.75) is 57.3 Å². The molecular weight excluding hydrogens is 304 g/mol. The molecule has 1 heterocycles. The summed E-state index contributed by atoms with van der Waals surface area (Å²) < 4.78 is 12.2. The molecule has 4 nitrogen and oxygen atoms in total. The van der Waals surface area contributed by atoms with Crippen LogP contribution >= 0.6 is 0 Å². The Hall–Kier alpha value is -1.10. The third kappa shape index (κ3) is 2.47. The van der Waals surface area contributed by atoms with Crippen molar-refractivity contribution in [3.8, 4) is 5.75 Å².